The Balaban J connectivity index is 0.000000256. The van der Waals surface area contributed by atoms with Crippen molar-refractivity contribution in [1.82, 2.24) is 0 Å². The Kier molecular flexibility index (Phi) is 16.3. The molecule has 4 aromatic carbocycles. The van der Waals surface area contributed by atoms with Crippen molar-refractivity contribution in [3.63, 3.8) is 0 Å². The molecular weight excluding hydrogens is 918 g/mol. The molecule has 0 aromatic heterocycles. The van der Waals surface area contributed by atoms with Gasteiger partial charge in [0.15, 0.2) is 12.1 Å². The summed E-state index contributed by atoms with van der Waals surface area (Å²) in [5.41, 5.74) is 2.28. The molecule has 59 heavy (non-hydrogen) atoms. The van der Waals surface area contributed by atoms with Crippen LogP contribution in [0, 0.1) is 0 Å². The van der Waals surface area contributed by atoms with Crippen molar-refractivity contribution >= 4 is 150 Å². The fourth-order valence-corrected chi connectivity index (χ4v) is 7.87. The fraction of sp³-hybridized carbons (Fsp3) is 0.222. The molecule has 2 aliphatic rings. The van der Waals surface area contributed by atoms with Crippen LogP contribution in [0.15, 0.2) is 113 Å². The van der Waals surface area contributed by atoms with E-state index in [0.717, 1.165) is 22.2 Å². The molecule has 0 spiro atoms. The number of benzene rings is 4. The van der Waals surface area contributed by atoms with Gasteiger partial charge in [0.2, 0.25) is 0 Å². The second kappa shape index (κ2) is 20.0. The molecule has 2 unspecified atom stereocenters. The van der Waals surface area contributed by atoms with Crippen LogP contribution >= 0.6 is 46.4 Å². The van der Waals surface area contributed by atoms with E-state index in [1.165, 1.54) is 12.1 Å². The minimum atomic E-state index is -4.84. The first-order valence-electron chi connectivity index (χ1n) is 16.9. The number of halogens is 4. The molecule has 0 aliphatic carbocycles. The summed E-state index contributed by atoms with van der Waals surface area (Å²) < 4.78 is 69.5. The summed E-state index contributed by atoms with van der Waals surface area (Å²) in [6, 6.07) is 16.0. The number of carbonyl (C=O) groups is 2. The number of hydrogen-bond acceptors (Lipinski definition) is 14. The van der Waals surface area contributed by atoms with E-state index in [1.807, 2.05) is 13.8 Å². The van der Waals surface area contributed by atoms with Gasteiger partial charge in [0.25, 0.3) is 11.8 Å². The smallest absolute Gasteiger partial charge is 0.744 e. The van der Waals surface area contributed by atoms with Gasteiger partial charge in [-0.05, 0) is 86.3 Å². The monoisotopic (exact) mass is 946 g/mol. The molecule has 0 bridgehead atoms. The van der Waals surface area contributed by atoms with Gasteiger partial charge in [-0.3, -0.25) is 9.59 Å². The standard InChI is InChI=1S/2C18H16Cl2N4O4S.Ca/c2*1-3-11-8-14(16(9-13(11)20)29(26,27)28)21-22-17-10(2)23-24(18(17)25)15-7-5-4-6-12(15)19;/h2*4-9,17H,3H2,1-2H3,(H,26,27,28);/q;;+2/p-2. The largest absolute Gasteiger partial charge is 2.00 e. The van der Waals surface area contributed by atoms with Gasteiger partial charge < -0.3 is 9.11 Å². The van der Waals surface area contributed by atoms with Crippen molar-refractivity contribution in [2.45, 2.75) is 62.4 Å². The first-order chi connectivity index (χ1) is 27.3. The van der Waals surface area contributed by atoms with Crippen LogP contribution in [0.3, 0.4) is 0 Å². The van der Waals surface area contributed by atoms with Crippen LogP contribution in [0.5, 0.6) is 0 Å². The number of rotatable bonds is 10. The predicted octanol–water partition coefficient (Wildman–Crippen LogP) is 8.29. The number of azo groups is 2. The normalized spacial score (nSPS) is 17.0. The number of carbonyl (C=O) groups excluding carboxylic acids is 2. The summed E-state index contributed by atoms with van der Waals surface area (Å²) in [5.74, 6) is -1.01. The van der Waals surface area contributed by atoms with E-state index in [9.17, 15) is 35.5 Å². The van der Waals surface area contributed by atoms with Gasteiger partial charge in [-0.15, -0.1) is 0 Å². The Bertz CT molecular complexity index is 2490. The van der Waals surface area contributed by atoms with Crippen molar-refractivity contribution in [3.05, 3.63) is 104 Å². The van der Waals surface area contributed by atoms with Crippen molar-refractivity contribution in [2.75, 3.05) is 10.0 Å². The number of para-hydroxylation sites is 2. The van der Waals surface area contributed by atoms with Crippen LogP contribution in [0.2, 0.25) is 20.1 Å². The van der Waals surface area contributed by atoms with E-state index in [1.54, 1.807) is 62.4 Å². The maximum Gasteiger partial charge on any atom is 2.00 e. The summed E-state index contributed by atoms with van der Waals surface area (Å²) in [6.07, 6.45) is 0.979. The average molecular weight is 949 g/mol. The van der Waals surface area contributed by atoms with Gasteiger partial charge in [-0.25, -0.2) is 16.8 Å². The third-order valence-corrected chi connectivity index (χ3v) is 11.5. The third kappa shape index (κ3) is 11.1. The summed E-state index contributed by atoms with van der Waals surface area (Å²) in [6.45, 7) is 6.80. The fourth-order valence-electron chi connectivity index (χ4n) is 5.48. The van der Waals surface area contributed by atoms with Gasteiger partial charge in [0.05, 0.1) is 42.6 Å². The van der Waals surface area contributed by atoms with Crippen molar-refractivity contribution < 1.29 is 35.5 Å². The maximum atomic E-state index is 12.7. The molecule has 2 amide bonds. The van der Waals surface area contributed by atoms with Crippen LogP contribution in [0.25, 0.3) is 0 Å². The number of hydrazone groups is 2. The molecule has 0 radical (unpaired) electrons. The molecule has 0 saturated heterocycles. The van der Waals surface area contributed by atoms with Crippen LogP contribution in [-0.4, -0.2) is 99.0 Å². The Morgan fingerprint density at radius 1 is 0.610 bits per heavy atom. The zero-order valence-electron chi connectivity index (χ0n) is 31.4. The Labute approximate surface area is 389 Å². The van der Waals surface area contributed by atoms with Crippen LogP contribution < -0.4 is 10.0 Å². The molecule has 4 aromatic rings. The zero-order valence-corrected chi connectivity index (χ0v) is 38.2. The van der Waals surface area contributed by atoms with E-state index >= 15 is 0 Å². The average Bonchev–Trinajstić information content (AvgIpc) is 3.61. The minimum Gasteiger partial charge on any atom is -0.744 e. The van der Waals surface area contributed by atoms with Gasteiger partial charge in [0, 0.05) is 10.0 Å². The van der Waals surface area contributed by atoms with Gasteiger partial charge in [-0.1, -0.05) is 84.5 Å². The number of hydrogen-bond donors (Lipinski definition) is 0. The molecule has 23 heteroatoms. The molecule has 0 N–H and O–H groups in total. The van der Waals surface area contributed by atoms with Crippen molar-refractivity contribution in [1.29, 1.82) is 0 Å². The van der Waals surface area contributed by atoms with E-state index in [-0.39, 0.29) is 59.2 Å². The number of anilines is 2. The molecule has 16 nitrogen and oxygen atoms in total. The third-order valence-electron chi connectivity index (χ3n) is 8.47. The molecule has 6 rings (SSSR count). The molecule has 2 aliphatic heterocycles. The minimum absolute atomic E-state index is 0. The second-order valence-corrected chi connectivity index (χ2v) is 16.7. The molecule has 2 heterocycles. The van der Waals surface area contributed by atoms with E-state index in [4.69, 9.17) is 46.4 Å². The summed E-state index contributed by atoms with van der Waals surface area (Å²) in [5, 5.41) is 27.2. The summed E-state index contributed by atoms with van der Waals surface area (Å²) in [7, 11) is -9.69. The molecule has 0 saturated carbocycles. The number of amides is 2. The summed E-state index contributed by atoms with van der Waals surface area (Å²) >= 11 is 24.3. The van der Waals surface area contributed by atoms with E-state index in [2.05, 4.69) is 30.7 Å². The first kappa shape index (κ1) is 48.3. The maximum absolute atomic E-state index is 12.7. The van der Waals surface area contributed by atoms with Crippen LogP contribution in [0.1, 0.15) is 38.8 Å². The van der Waals surface area contributed by atoms with Gasteiger partial charge in [0.1, 0.15) is 31.6 Å². The van der Waals surface area contributed by atoms with Crippen molar-refractivity contribution in [3.8, 4) is 0 Å². The zero-order chi connectivity index (χ0) is 42.7. The molecular formula is C36H30CaCl4N8O8S2. The molecule has 304 valence electrons. The Morgan fingerprint density at radius 2 is 0.949 bits per heavy atom. The van der Waals surface area contributed by atoms with E-state index in [0.29, 0.717) is 56.8 Å². The Hall–Kier alpha value is -3.40. The van der Waals surface area contributed by atoms with Gasteiger partial charge in [-0.2, -0.15) is 40.7 Å². The Morgan fingerprint density at radius 3 is 1.25 bits per heavy atom. The first-order valence-corrected chi connectivity index (χ1v) is 21.2. The van der Waals surface area contributed by atoms with Crippen molar-refractivity contribution in [2.24, 2.45) is 30.7 Å². The molecule has 0 fully saturated rings. The number of nitrogens with zero attached hydrogens (tertiary/aromatic N) is 8. The topological polar surface area (TPSA) is 229 Å². The summed E-state index contributed by atoms with van der Waals surface area (Å²) in [4.78, 5) is 24.3. The molecule has 2 atom stereocenters. The quantitative estimate of drug-likeness (QED) is 0.0851. The van der Waals surface area contributed by atoms with E-state index < -0.39 is 53.9 Å². The van der Waals surface area contributed by atoms with Gasteiger partial charge >= 0.3 is 37.7 Å². The predicted molar refractivity (Wildman–Crippen MR) is 224 cm³/mol. The van der Waals surface area contributed by atoms with Crippen LogP contribution in [0.4, 0.5) is 22.7 Å². The number of aryl methyl sites for hydroxylation is 2. The SMILES string of the molecule is CCc1cc(N=NC2C(=O)N(c3ccccc3Cl)N=C2C)c(S(=O)(=O)[O-])cc1Cl.CCc1cc(N=NC2C(=O)N(c3ccccc3Cl)N=C2C)c(S(=O)(=O)[O-])cc1Cl.[Ca+2]. The van der Waals surface area contributed by atoms with Crippen LogP contribution in [-0.2, 0) is 42.7 Å². The second-order valence-electron chi connectivity index (χ2n) is 12.4.